The van der Waals surface area contributed by atoms with Gasteiger partial charge in [-0.15, -0.1) is 0 Å². The molecule has 1 fully saturated rings. The average Bonchev–Trinajstić information content (AvgIpc) is 2.24. The average molecular weight is 258 g/mol. The summed E-state index contributed by atoms with van der Waals surface area (Å²) in [6.45, 7) is 2.32. The van der Waals surface area contributed by atoms with Crippen molar-refractivity contribution in [1.29, 1.82) is 0 Å². The third kappa shape index (κ3) is 3.05. The van der Waals surface area contributed by atoms with Gasteiger partial charge in [0, 0.05) is 11.7 Å². The molecular formula is C13H17Cl2N. The summed E-state index contributed by atoms with van der Waals surface area (Å²) in [5.41, 5.74) is 1.08. The van der Waals surface area contributed by atoms with Gasteiger partial charge in [0.1, 0.15) is 0 Å². The van der Waals surface area contributed by atoms with Crippen LogP contribution in [0.25, 0.3) is 0 Å². The van der Waals surface area contributed by atoms with Crippen LogP contribution in [0.5, 0.6) is 0 Å². The fourth-order valence-electron chi connectivity index (χ4n) is 2.39. The van der Waals surface area contributed by atoms with Crippen molar-refractivity contribution in [3.63, 3.8) is 0 Å². The fraction of sp³-hybridized carbons (Fsp3) is 0.538. The molecule has 0 spiro atoms. The molecule has 0 amide bonds. The summed E-state index contributed by atoms with van der Waals surface area (Å²) >= 11 is 11.9. The normalized spacial score (nSPS) is 25.4. The summed E-state index contributed by atoms with van der Waals surface area (Å²) in [5, 5.41) is 4.77. The van der Waals surface area contributed by atoms with Gasteiger partial charge in [-0.2, -0.15) is 0 Å². The van der Waals surface area contributed by atoms with Gasteiger partial charge in [0.05, 0.1) is 10.0 Å². The van der Waals surface area contributed by atoms with Crippen molar-refractivity contribution in [2.24, 2.45) is 5.92 Å². The number of halogens is 2. The maximum Gasteiger partial charge on any atom is 0.0612 e. The molecular weight excluding hydrogens is 241 g/mol. The van der Waals surface area contributed by atoms with E-state index in [1.165, 1.54) is 25.7 Å². The van der Waals surface area contributed by atoms with Gasteiger partial charge in [-0.05, 0) is 37.0 Å². The van der Waals surface area contributed by atoms with Crippen molar-refractivity contribution in [3.8, 4) is 0 Å². The van der Waals surface area contributed by atoms with Crippen LogP contribution in [0.3, 0.4) is 0 Å². The van der Waals surface area contributed by atoms with E-state index in [0.29, 0.717) is 16.1 Å². The minimum Gasteiger partial charge on any atom is -0.382 e. The first-order valence-corrected chi connectivity index (χ1v) is 6.62. The molecule has 0 radical (unpaired) electrons. The molecule has 2 atom stereocenters. The Kier molecular flexibility index (Phi) is 3.99. The first kappa shape index (κ1) is 12.1. The largest absolute Gasteiger partial charge is 0.382 e. The molecule has 2 unspecified atom stereocenters. The summed E-state index contributed by atoms with van der Waals surface area (Å²) in [5.74, 6) is 0.828. The van der Waals surface area contributed by atoms with E-state index in [9.17, 15) is 0 Å². The minimum atomic E-state index is 0.584. The first-order valence-electron chi connectivity index (χ1n) is 5.87. The Labute approximate surface area is 107 Å². The maximum atomic E-state index is 5.99. The predicted octanol–water partition coefficient (Wildman–Crippen LogP) is 4.98. The molecule has 1 aromatic carbocycles. The Morgan fingerprint density at radius 3 is 2.69 bits per heavy atom. The number of nitrogens with one attached hydrogen (secondary N) is 1. The van der Waals surface area contributed by atoms with Crippen LogP contribution in [0.1, 0.15) is 32.6 Å². The number of hydrogen-bond donors (Lipinski definition) is 1. The van der Waals surface area contributed by atoms with Crippen molar-refractivity contribution in [1.82, 2.24) is 0 Å². The van der Waals surface area contributed by atoms with Crippen molar-refractivity contribution >= 4 is 28.9 Å². The van der Waals surface area contributed by atoms with Crippen molar-refractivity contribution < 1.29 is 0 Å². The molecule has 0 bridgehead atoms. The molecule has 0 aromatic heterocycles. The highest BCUT2D eigenvalue weighted by molar-refractivity contribution is 6.42. The van der Waals surface area contributed by atoms with Gasteiger partial charge < -0.3 is 5.32 Å². The van der Waals surface area contributed by atoms with Crippen LogP contribution in [0.2, 0.25) is 10.0 Å². The number of hydrogen-bond acceptors (Lipinski definition) is 1. The minimum absolute atomic E-state index is 0.584. The van der Waals surface area contributed by atoms with E-state index < -0.39 is 0 Å². The Hall–Kier alpha value is -0.400. The summed E-state index contributed by atoms with van der Waals surface area (Å²) in [4.78, 5) is 0. The Morgan fingerprint density at radius 2 is 2.00 bits per heavy atom. The lowest BCUT2D eigenvalue weighted by Crippen LogP contribution is -2.26. The second-order valence-corrected chi connectivity index (χ2v) is 5.56. The van der Waals surface area contributed by atoms with E-state index in [4.69, 9.17) is 23.2 Å². The molecule has 1 aromatic rings. The zero-order valence-electron chi connectivity index (χ0n) is 9.47. The maximum absolute atomic E-state index is 5.99. The molecule has 1 N–H and O–H groups in total. The van der Waals surface area contributed by atoms with E-state index in [-0.39, 0.29) is 0 Å². The molecule has 0 aliphatic heterocycles. The SMILES string of the molecule is CC1CCCC(Nc2ccc(Cl)c(Cl)c2)C1. The quantitative estimate of drug-likeness (QED) is 0.788. The van der Waals surface area contributed by atoms with Gasteiger partial charge in [-0.3, -0.25) is 0 Å². The molecule has 2 rings (SSSR count). The standard InChI is InChI=1S/C13H17Cl2N/c1-9-3-2-4-10(7-9)16-11-5-6-12(14)13(15)8-11/h5-6,8-10,16H,2-4,7H2,1H3. The van der Waals surface area contributed by atoms with Crippen LogP contribution in [-0.4, -0.2) is 6.04 Å². The molecule has 16 heavy (non-hydrogen) atoms. The van der Waals surface area contributed by atoms with Crippen molar-refractivity contribution in [2.45, 2.75) is 38.6 Å². The zero-order valence-corrected chi connectivity index (χ0v) is 11.0. The van der Waals surface area contributed by atoms with Gasteiger partial charge in [-0.25, -0.2) is 0 Å². The van der Waals surface area contributed by atoms with Crippen LogP contribution in [0.15, 0.2) is 18.2 Å². The lowest BCUT2D eigenvalue weighted by atomic mass is 9.87. The molecule has 88 valence electrons. The highest BCUT2D eigenvalue weighted by Gasteiger charge is 2.18. The van der Waals surface area contributed by atoms with Crippen molar-refractivity contribution in [2.75, 3.05) is 5.32 Å². The predicted molar refractivity (Wildman–Crippen MR) is 71.5 cm³/mol. The smallest absolute Gasteiger partial charge is 0.0612 e. The number of benzene rings is 1. The van der Waals surface area contributed by atoms with E-state index in [1.807, 2.05) is 18.2 Å². The van der Waals surface area contributed by atoms with Crippen LogP contribution < -0.4 is 5.32 Å². The Morgan fingerprint density at radius 1 is 1.19 bits per heavy atom. The second kappa shape index (κ2) is 5.29. The topological polar surface area (TPSA) is 12.0 Å². The van der Waals surface area contributed by atoms with Crippen LogP contribution in [-0.2, 0) is 0 Å². The second-order valence-electron chi connectivity index (χ2n) is 4.74. The number of anilines is 1. The first-order chi connectivity index (χ1) is 7.65. The van der Waals surface area contributed by atoms with Gasteiger partial charge in [-0.1, -0.05) is 43.0 Å². The fourth-order valence-corrected chi connectivity index (χ4v) is 2.68. The van der Waals surface area contributed by atoms with Crippen LogP contribution in [0.4, 0.5) is 5.69 Å². The lowest BCUT2D eigenvalue weighted by Gasteiger charge is -2.28. The summed E-state index contributed by atoms with van der Waals surface area (Å²) in [6.07, 6.45) is 5.19. The summed E-state index contributed by atoms with van der Waals surface area (Å²) in [7, 11) is 0. The van der Waals surface area contributed by atoms with Gasteiger partial charge in [0.25, 0.3) is 0 Å². The van der Waals surface area contributed by atoms with E-state index in [0.717, 1.165) is 11.6 Å². The lowest BCUT2D eigenvalue weighted by molar-refractivity contribution is 0.358. The van der Waals surface area contributed by atoms with E-state index >= 15 is 0 Å². The van der Waals surface area contributed by atoms with E-state index in [1.54, 1.807) is 0 Å². The van der Waals surface area contributed by atoms with E-state index in [2.05, 4.69) is 12.2 Å². The van der Waals surface area contributed by atoms with Gasteiger partial charge >= 0.3 is 0 Å². The summed E-state index contributed by atoms with van der Waals surface area (Å²) < 4.78 is 0. The Balaban J connectivity index is 2.00. The van der Waals surface area contributed by atoms with Crippen LogP contribution in [0, 0.1) is 5.92 Å². The molecule has 1 aliphatic carbocycles. The van der Waals surface area contributed by atoms with Gasteiger partial charge in [0.2, 0.25) is 0 Å². The molecule has 1 aliphatic rings. The summed E-state index contributed by atoms with van der Waals surface area (Å²) in [6, 6.07) is 6.33. The van der Waals surface area contributed by atoms with Crippen LogP contribution >= 0.6 is 23.2 Å². The monoisotopic (exact) mass is 257 g/mol. The molecule has 0 saturated heterocycles. The third-order valence-electron chi connectivity index (χ3n) is 3.23. The number of rotatable bonds is 2. The highest BCUT2D eigenvalue weighted by atomic mass is 35.5. The highest BCUT2D eigenvalue weighted by Crippen LogP contribution is 2.29. The van der Waals surface area contributed by atoms with Crippen molar-refractivity contribution in [3.05, 3.63) is 28.2 Å². The van der Waals surface area contributed by atoms with Gasteiger partial charge in [0.15, 0.2) is 0 Å². The zero-order chi connectivity index (χ0) is 11.5. The molecule has 1 saturated carbocycles. The third-order valence-corrected chi connectivity index (χ3v) is 3.97. The molecule has 3 heteroatoms. The molecule has 1 nitrogen and oxygen atoms in total. The molecule has 0 heterocycles. The Bertz CT molecular complexity index is 365.